The third-order valence-corrected chi connectivity index (χ3v) is 3.30. The predicted octanol–water partition coefficient (Wildman–Crippen LogP) is 3.48. The van der Waals surface area contributed by atoms with E-state index in [2.05, 4.69) is 0 Å². The van der Waals surface area contributed by atoms with Crippen LogP contribution in [0.4, 0.5) is 8.78 Å². The van der Waals surface area contributed by atoms with Crippen LogP contribution < -0.4 is 5.73 Å². The molecule has 0 fully saturated rings. The second-order valence-corrected chi connectivity index (χ2v) is 5.20. The number of benzene rings is 1. The molecule has 0 spiro atoms. The van der Waals surface area contributed by atoms with E-state index in [-0.39, 0.29) is 11.2 Å². The molecule has 0 amide bonds. The smallest absolute Gasteiger partial charge is 0.133 e. The van der Waals surface area contributed by atoms with Gasteiger partial charge in [0.25, 0.3) is 0 Å². The summed E-state index contributed by atoms with van der Waals surface area (Å²) in [5.41, 5.74) is 5.94. The second kappa shape index (κ2) is 5.76. The van der Waals surface area contributed by atoms with Crippen molar-refractivity contribution in [3.63, 3.8) is 0 Å². The van der Waals surface area contributed by atoms with Gasteiger partial charge >= 0.3 is 0 Å². The number of hydrogen-bond acceptors (Lipinski definition) is 2. The molecule has 0 radical (unpaired) electrons. The van der Waals surface area contributed by atoms with Crippen molar-refractivity contribution in [3.8, 4) is 0 Å². The van der Waals surface area contributed by atoms with Crippen LogP contribution in [-0.2, 0) is 4.74 Å². The zero-order valence-corrected chi connectivity index (χ0v) is 11.4. The van der Waals surface area contributed by atoms with Gasteiger partial charge in [0, 0.05) is 18.7 Å². The van der Waals surface area contributed by atoms with E-state index in [1.54, 1.807) is 14.0 Å². The summed E-state index contributed by atoms with van der Waals surface area (Å²) < 4.78 is 32.8. The topological polar surface area (TPSA) is 35.2 Å². The summed E-state index contributed by atoms with van der Waals surface area (Å²) in [6, 6.07) is 2.02. The molecule has 0 heterocycles. The molecule has 1 aromatic carbocycles. The number of halogens is 2. The molecular formula is C14H21F2NO. The van der Waals surface area contributed by atoms with Crippen molar-refractivity contribution in [3.05, 3.63) is 34.9 Å². The van der Waals surface area contributed by atoms with E-state index in [1.165, 1.54) is 12.1 Å². The van der Waals surface area contributed by atoms with Crippen LogP contribution in [-0.4, -0.2) is 12.7 Å². The van der Waals surface area contributed by atoms with Gasteiger partial charge in [-0.25, -0.2) is 8.78 Å². The molecule has 0 aliphatic carbocycles. The van der Waals surface area contributed by atoms with E-state index in [4.69, 9.17) is 10.5 Å². The first kappa shape index (κ1) is 15.1. The molecule has 0 saturated carbocycles. The Bertz CT molecular complexity index is 419. The zero-order valence-electron chi connectivity index (χ0n) is 11.4. The van der Waals surface area contributed by atoms with Gasteiger partial charge in [-0.2, -0.15) is 0 Å². The molecule has 0 aliphatic rings. The molecule has 1 rings (SSSR count). The molecule has 0 saturated heterocycles. The molecular weight excluding hydrogens is 236 g/mol. The van der Waals surface area contributed by atoms with Crippen LogP contribution in [0.15, 0.2) is 12.1 Å². The summed E-state index contributed by atoms with van der Waals surface area (Å²) in [4.78, 5) is 0. The third kappa shape index (κ3) is 3.50. The van der Waals surface area contributed by atoms with Gasteiger partial charge in [0.15, 0.2) is 0 Å². The van der Waals surface area contributed by atoms with Gasteiger partial charge < -0.3 is 10.5 Å². The van der Waals surface area contributed by atoms with E-state index >= 15 is 0 Å². The Morgan fingerprint density at radius 1 is 1.33 bits per heavy atom. The van der Waals surface area contributed by atoms with Gasteiger partial charge in [0.2, 0.25) is 0 Å². The van der Waals surface area contributed by atoms with Gasteiger partial charge in [0.05, 0.1) is 5.60 Å². The van der Waals surface area contributed by atoms with E-state index in [0.29, 0.717) is 18.4 Å². The number of methoxy groups -OCH3 is 1. The predicted molar refractivity (Wildman–Crippen MR) is 68.3 cm³/mol. The minimum Gasteiger partial charge on any atom is -0.379 e. The number of hydrogen-bond donors (Lipinski definition) is 1. The monoisotopic (exact) mass is 257 g/mol. The summed E-state index contributed by atoms with van der Waals surface area (Å²) in [5, 5.41) is 0. The van der Waals surface area contributed by atoms with Gasteiger partial charge in [-0.05, 0) is 45.2 Å². The molecule has 0 aliphatic heterocycles. The highest BCUT2D eigenvalue weighted by Crippen LogP contribution is 2.27. The number of rotatable bonds is 5. The fraction of sp³-hybridized carbons (Fsp3) is 0.571. The van der Waals surface area contributed by atoms with Crippen LogP contribution in [0.2, 0.25) is 0 Å². The van der Waals surface area contributed by atoms with E-state index < -0.39 is 17.7 Å². The zero-order chi connectivity index (χ0) is 13.9. The lowest BCUT2D eigenvalue weighted by Crippen LogP contribution is -2.25. The molecule has 0 bridgehead atoms. The van der Waals surface area contributed by atoms with Crippen molar-refractivity contribution in [2.24, 2.45) is 5.73 Å². The number of ether oxygens (including phenoxy) is 1. The van der Waals surface area contributed by atoms with Gasteiger partial charge in [-0.1, -0.05) is 6.07 Å². The summed E-state index contributed by atoms with van der Waals surface area (Å²) in [5.74, 6) is -1.13. The SMILES string of the molecule is COC(C)(C)CCC(N)c1c(F)ccc(C)c1F. The minimum atomic E-state index is -0.653. The largest absolute Gasteiger partial charge is 0.379 e. The first-order valence-corrected chi connectivity index (χ1v) is 6.03. The van der Waals surface area contributed by atoms with Crippen LogP contribution in [0.5, 0.6) is 0 Å². The molecule has 1 aromatic rings. The highest BCUT2D eigenvalue weighted by Gasteiger charge is 2.22. The summed E-state index contributed by atoms with van der Waals surface area (Å²) >= 11 is 0. The lowest BCUT2D eigenvalue weighted by Gasteiger charge is -2.25. The van der Waals surface area contributed by atoms with Gasteiger partial charge in [0.1, 0.15) is 11.6 Å². The Kier molecular flexibility index (Phi) is 4.82. The maximum atomic E-state index is 13.9. The highest BCUT2D eigenvalue weighted by atomic mass is 19.1. The molecule has 2 N–H and O–H groups in total. The van der Waals surface area contributed by atoms with Crippen molar-refractivity contribution >= 4 is 0 Å². The normalized spacial score (nSPS) is 13.7. The Balaban J connectivity index is 2.85. The van der Waals surface area contributed by atoms with E-state index in [9.17, 15) is 8.78 Å². The summed E-state index contributed by atoms with van der Waals surface area (Å²) in [6.45, 7) is 5.44. The van der Waals surface area contributed by atoms with Crippen LogP contribution in [0.3, 0.4) is 0 Å². The Hall–Kier alpha value is -1.00. The highest BCUT2D eigenvalue weighted by molar-refractivity contribution is 5.29. The summed E-state index contributed by atoms with van der Waals surface area (Å²) in [7, 11) is 1.61. The van der Waals surface area contributed by atoms with Crippen molar-refractivity contribution in [1.29, 1.82) is 0 Å². The van der Waals surface area contributed by atoms with E-state index in [1.807, 2.05) is 13.8 Å². The van der Waals surface area contributed by atoms with Crippen molar-refractivity contribution in [2.75, 3.05) is 7.11 Å². The molecule has 102 valence electrons. The fourth-order valence-electron chi connectivity index (χ4n) is 1.77. The van der Waals surface area contributed by atoms with Gasteiger partial charge in [-0.15, -0.1) is 0 Å². The molecule has 0 aromatic heterocycles. The van der Waals surface area contributed by atoms with Crippen LogP contribution in [0.1, 0.15) is 43.9 Å². The molecule has 1 unspecified atom stereocenters. The van der Waals surface area contributed by atoms with Crippen molar-refractivity contribution in [1.82, 2.24) is 0 Å². The standard InChI is InChI=1S/C14H21F2NO/c1-9-5-6-10(15)12(13(9)16)11(17)7-8-14(2,3)18-4/h5-6,11H,7-8,17H2,1-4H3. The number of aryl methyl sites for hydroxylation is 1. The molecule has 4 heteroatoms. The summed E-state index contributed by atoms with van der Waals surface area (Å²) in [6.07, 6.45) is 1.11. The fourth-order valence-corrected chi connectivity index (χ4v) is 1.77. The Labute approximate surface area is 107 Å². The Morgan fingerprint density at radius 2 is 1.94 bits per heavy atom. The van der Waals surface area contributed by atoms with Crippen LogP contribution in [0.25, 0.3) is 0 Å². The van der Waals surface area contributed by atoms with Gasteiger partial charge in [-0.3, -0.25) is 0 Å². The average Bonchev–Trinajstić information content (AvgIpc) is 2.32. The molecule has 18 heavy (non-hydrogen) atoms. The van der Waals surface area contributed by atoms with Crippen molar-refractivity contribution < 1.29 is 13.5 Å². The molecule has 1 atom stereocenters. The second-order valence-electron chi connectivity index (χ2n) is 5.20. The first-order chi connectivity index (χ1) is 8.28. The van der Waals surface area contributed by atoms with Crippen LogP contribution >= 0.6 is 0 Å². The lowest BCUT2D eigenvalue weighted by molar-refractivity contribution is 0.0123. The molecule has 2 nitrogen and oxygen atoms in total. The Morgan fingerprint density at radius 3 is 2.50 bits per heavy atom. The number of nitrogens with two attached hydrogens (primary N) is 1. The first-order valence-electron chi connectivity index (χ1n) is 6.03. The van der Waals surface area contributed by atoms with Crippen LogP contribution in [0, 0.1) is 18.6 Å². The third-order valence-electron chi connectivity index (χ3n) is 3.30. The maximum absolute atomic E-state index is 13.9. The lowest BCUT2D eigenvalue weighted by atomic mass is 9.94. The average molecular weight is 257 g/mol. The van der Waals surface area contributed by atoms with E-state index in [0.717, 1.165) is 0 Å². The van der Waals surface area contributed by atoms with Crippen molar-refractivity contribution in [2.45, 2.75) is 45.3 Å². The minimum absolute atomic E-state index is 0.0260. The quantitative estimate of drug-likeness (QED) is 0.876. The maximum Gasteiger partial charge on any atom is 0.133 e.